The minimum Gasteiger partial charge on any atom is -0.367 e. The van der Waals surface area contributed by atoms with E-state index in [0.717, 1.165) is 17.4 Å². The summed E-state index contributed by atoms with van der Waals surface area (Å²) in [5.41, 5.74) is 1.42. The Balaban J connectivity index is 1.90. The van der Waals surface area contributed by atoms with E-state index in [-0.39, 0.29) is 5.78 Å². The molecule has 1 unspecified atom stereocenters. The van der Waals surface area contributed by atoms with E-state index in [1.165, 1.54) is 0 Å². The minimum atomic E-state index is -0.395. The Labute approximate surface area is 124 Å². The second-order valence-electron chi connectivity index (χ2n) is 5.69. The van der Waals surface area contributed by atoms with Gasteiger partial charge in [0.25, 0.3) is 0 Å². The fourth-order valence-corrected chi connectivity index (χ4v) is 2.77. The van der Waals surface area contributed by atoms with Crippen LogP contribution in [-0.2, 0) is 4.74 Å². The highest BCUT2D eigenvalue weighted by Gasteiger charge is 2.29. The molecule has 2 aromatic rings. The molecule has 0 aliphatic carbocycles. The molecule has 1 fully saturated rings. The van der Waals surface area contributed by atoms with E-state index >= 15 is 0 Å². The van der Waals surface area contributed by atoms with Gasteiger partial charge in [0.1, 0.15) is 6.10 Å². The fraction of sp³-hybridized carbons (Fsp3) is 0.412. The quantitative estimate of drug-likeness (QED) is 0.812. The molecule has 1 aliphatic rings. The fourth-order valence-electron chi connectivity index (χ4n) is 2.77. The number of hydrogen-bond acceptors (Lipinski definition) is 4. The molecular formula is C17H20N2O2. The first-order chi connectivity index (χ1) is 10.2. The molecule has 21 heavy (non-hydrogen) atoms. The van der Waals surface area contributed by atoms with Crippen LogP contribution in [0.25, 0.3) is 10.9 Å². The van der Waals surface area contributed by atoms with Gasteiger partial charge in [-0.1, -0.05) is 18.2 Å². The summed E-state index contributed by atoms with van der Waals surface area (Å²) < 4.78 is 5.70. The zero-order valence-electron chi connectivity index (χ0n) is 12.5. The molecule has 0 amide bonds. The van der Waals surface area contributed by atoms with Crippen molar-refractivity contribution in [3.8, 4) is 0 Å². The number of hydrogen-bond donors (Lipinski definition) is 0. The summed E-state index contributed by atoms with van der Waals surface area (Å²) in [5.74, 6) is 0.0321. The molecule has 0 saturated carbocycles. The number of pyridine rings is 1. The molecule has 0 spiro atoms. The van der Waals surface area contributed by atoms with Crippen molar-refractivity contribution in [2.45, 2.75) is 26.0 Å². The van der Waals surface area contributed by atoms with Crippen LogP contribution in [0.5, 0.6) is 0 Å². The molecule has 4 nitrogen and oxygen atoms in total. The monoisotopic (exact) mass is 284 g/mol. The zero-order valence-corrected chi connectivity index (χ0v) is 12.5. The second kappa shape index (κ2) is 5.92. The van der Waals surface area contributed by atoms with Crippen LogP contribution in [0.1, 0.15) is 24.2 Å². The van der Waals surface area contributed by atoms with Crippen molar-refractivity contribution in [1.82, 2.24) is 9.88 Å². The third-order valence-electron chi connectivity index (χ3n) is 4.02. The Morgan fingerprint density at radius 3 is 2.95 bits per heavy atom. The summed E-state index contributed by atoms with van der Waals surface area (Å²) in [6.45, 7) is 6.43. The standard InChI is InChI=1S/C17H20N2O2/c1-12(2)19-9-10-21-15(11-19)17(20)14-7-3-5-13-6-4-8-18-16(13)14/h3-8,12,15H,9-11H2,1-2H3. The Morgan fingerprint density at radius 2 is 2.14 bits per heavy atom. The molecule has 1 aliphatic heterocycles. The van der Waals surface area contributed by atoms with E-state index in [2.05, 4.69) is 23.7 Å². The van der Waals surface area contributed by atoms with Gasteiger partial charge in [-0.05, 0) is 26.0 Å². The van der Waals surface area contributed by atoms with Gasteiger partial charge in [-0.2, -0.15) is 0 Å². The highest BCUT2D eigenvalue weighted by molar-refractivity contribution is 6.08. The lowest BCUT2D eigenvalue weighted by Gasteiger charge is -2.34. The van der Waals surface area contributed by atoms with Gasteiger partial charge in [0.05, 0.1) is 12.1 Å². The number of Topliss-reactive ketones (excluding diaryl/α,β-unsaturated/α-hetero) is 1. The maximum Gasteiger partial charge on any atom is 0.195 e. The Hall–Kier alpha value is -1.78. The summed E-state index contributed by atoms with van der Waals surface area (Å²) in [6, 6.07) is 10.0. The molecule has 3 rings (SSSR count). The van der Waals surface area contributed by atoms with Crippen molar-refractivity contribution in [3.63, 3.8) is 0 Å². The van der Waals surface area contributed by atoms with Crippen LogP contribution < -0.4 is 0 Å². The summed E-state index contributed by atoms with van der Waals surface area (Å²) >= 11 is 0. The number of carbonyl (C=O) groups is 1. The number of nitrogens with zero attached hydrogens (tertiary/aromatic N) is 2. The van der Waals surface area contributed by atoms with Crippen molar-refractivity contribution < 1.29 is 9.53 Å². The van der Waals surface area contributed by atoms with E-state index in [9.17, 15) is 4.79 Å². The summed E-state index contributed by atoms with van der Waals surface area (Å²) in [5, 5.41) is 0.986. The molecule has 4 heteroatoms. The van der Waals surface area contributed by atoms with E-state index in [0.29, 0.717) is 24.8 Å². The first-order valence-electron chi connectivity index (χ1n) is 7.40. The van der Waals surface area contributed by atoms with Crippen LogP contribution in [-0.4, -0.2) is 47.5 Å². The number of benzene rings is 1. The molecule has 1 saturated heterocycles. The van der Waals surface area contributed by atoms with Gasteiger partial charge in [-0.3, -0.25) is 14.7 Å². The molecule has 0 N–H and O–H groups in total. The largest absolute Gasteiger partial charge is 0.367 e. The number of ketones is 1. The predicted molar refractivity (Wildman–Crippen MR) is 82.5 cm³/mol. The first kappa shape index (κ1) is 14.2. The molecule has 2 heterocycles. The summed E-state index contributed by atoms with van der Waals surface area (Å²) in [4.78, 5) is 19.4. The molecular weight excluding hydrogens is 264 g/mol. The number of aromatic nitrogens is 1. The van der Waals surface area contributed by atoms with Crippen LogP contribution in [0.2, 0.25) is 0 Å². The van der Waals surface area contributed by atoms with Crippen molar-refractivity contribution in [3.05, 3.63) is 42.1 Å². The molecule has 1 aromatic heterocycles. The lowest BCUT2D eigenvalue weighted by Crippen LogP contribution is -2.48. The van der Waals surface area contributed by atoms with Gasteiger partial charge in [0.15, 0.2) is 5.78 Å². The lowest BCUT2D eigenvalue weighted by atomic mass is 10.0. The van der Waals surface area contributed by atoms with Crippen LogP contribution in [0.15, 0.2) is 36.5 Å². The molecule has 1 atom stereocenters. The van der Waals surface area contributed by atoms with E-state index < -0.39 is 6.10 Å². The van der Waals surface area contributed by atoms with Gasteiger partial charge < -0.3 is 4.74 Å². The van der Waals surface area contributed by atoms with Gasteiger partial charge in [-0.25, -0.2) is 0 Å². The smallest absolute Gasteiger partial charge is 0.195 e. The number of fused-ring (bicyclic) bond motifs is 1. The van der Waals surface area contributed by atoms with Gasteiger partial charge >= 0.3 is 0 Å². The maximum atomic E-state index is 12.8. The summed E-state index contributed by atoms with van der Waals surface area (Å²) in [6.07, 6.45) is 1.33. The number of ether oxygens (including phenoxy) is 1. The molecule has 1 aromatic carbocycles. The minimum absolute atomic E-state index is 0.0321. The van der Waals surface area contributed by atoms with Gasteiger partial charge in [0.2, 0.25) is 0 Å². The summed E-state index contributed by atoms with van der Waals surface area (Å²) in [7, 11) is 0. The third kappa shape index (κ3) is 2.82. The Kier molecular flexibility index (Phi) is 3.99. The number of morpholine rings is 1. The third-order valence-corrected chi connectivity index (χ3v) is 4.02. The average Bonchev–Trinajstić information content (AvgIpc) is 2.53. The van der Waals surface area contributed by atoms with Crippen LogP contribution in [0, 0.1) is 0 Å². The molecule has 0 bridgehead atoms. The highest BCUT2D eigenvalue weighted by atomic mass is 16.5. The number of para-hydroxylation sites is 1. The maximum absolute atomic E-state index is 12.8. The van der Waals surface area contributed by atoms with Crippen molar-refractivity contribution in [2.75, 3.05) is 19.7 Å². The second-order valence-corrected chi connectivity index (χ2v) is 5.69. The number of rotatable bonds is 3. The normalized spacial score (nSPS) is 20.0. The Morgan fingerprint density at radius 1 is 1.33 bits per heavy atom. The Bertz CT molecular complexity index is 649. The van der Waals surface area contributed by atoms with Crippen molar-refractivity contribution >= 4 is 16.7 Å². The lowest BCUT2D eigenvalue weighted by molar-refractivity contribution is -0.0255. The predicted octanol–water partition coefficient (Wildman–Crippen LogP) is 2.53. The zero-order chi connectivity index (χ0) is 14.8. The van der Waals surface area contributed by atoms with Gasteiger partial charge in [0, 0.05) is 36.3 Å². The molecule has 110 valence electrons. The SMILES string of the molecule is CC(C)N1CCOC(C(=O)c2cccc3cccnc23)C1. The van der Waals surface area contributed by atoms with Crippen molar-refractivity contribution in [2.24, 2.45) is 0 Å². The van der Waals surface area contributed by atoms with Gasteiger partial charge in [-0.15, -0.1) is 0 Å². The average molecular weight is 284 g/mol. The van der Waals surface area contributed by atoms with E-state index in [1.807, 2.05) is 30.3 Å². The van der Waals surface area contributed by atoms with Crippen LogP contribution in [0.3, 0.4) is 0 Å². The van der Waals surface area contributed by atoms with Crippen LogP contribution in [0.4, 0.5) is 0 Å². The first-order valence-corrected chi connectivity index (χ1v) is 7.40. The van der Waals surface area contributed by atoms with Crippen molar-refractivity contribution in [1.29, 1.82) is 0 Å². The molecule has 0 radical (unpaired) electrons. The van der Waals surface area contributed by atoms with E-state index in [1.54, 1.807) is 6.20 Å². The topological polar surface area (TPSA) is 42.4 Å². The highest BCUT2D eigenvalue weighted by Crippen LogP contribution is 2.20. The number of carbonyl (C=O) groups excluding carboxylic acids is 1. The van der Waals surface area contributed by atoms with E-state index in [4.69, 9.17) is 4.74 Å². The van der Waals surface area contributed by atoms with Crippen LogP contribution >= 0.6 is 0 Å².